The summed E-state index contributed by atoms with van der Waals surface area (Å²) in [6.07, 6.45) is -4.51. The minimum Gasteiger partial charge on any atom is -0.423 e. The Morgan fingerprint density at radius 1 is 0.854 bits per heavy atom. The average molecular weight is 553 g/mol. The lowest BCUT2D eigenvalue weighted by Crippen LogP contribution is -2.71. The molecule has 5 rings (SSSR count). The molecule has 11 nitrogen and oxygen atoms in total. The van der Waals surface area contributed by atoms with Gasteiger partial charge in [-0.2, -0.15) is 5.26 Å². The average Bonchev–Trinajstić information content (AvgIpc) is 3.51. The van der Waals surface area contributed by atoms with Gasteiger partial charge in [0.25, 0.3) is 6.34 Å². The van der Waals surface area contributed by atoms with Gasteiger partial charge in [-0.05, 0) is 4.99 Å². The molecule has 4 N–H and O–H groups in total. The highest BCUT2D eigenvalue weighted by Crippen LogP contribution is 2.48. The molecule has 0 spiro atoms. The molecular formula is C30H22N3O8+. The zero-order valence-electron chi connectivity index (χ0n) is 21.2. The number of ketones is 3. The summed E-state index contributed by atoms with van der Waals surface area (Å²) in [4.78, 5) is 45.7. The number of hydrogen-bond donors (Lipinski definition) is 4. The SMILES string of the molecule is N#CC1=C(O)N([C@@H]2O[C@H](C(O)C(=O)c3ccccc3)[C@](O)(C(=O)c3ccccc3)[C@]2(O)C(=O)c2ccccc2)[C+]=N1. The van der Waals surface area contributed by atoms with Gasteiger partial charge < -0.3 is 25.2 Å². The summed E-state index contributed by atoms with van der Waals surface area (Å²) >= 11 is 0. The number of Topliss-reactive ketones (excluding diaryl/α,β-unsaturated/α-hetero) is 3. The molecule has 3 aromatic rings. The molecule has 0 aromatic heterocycles. The molecule has 0 bridgehead atoms. The lowest BCUT2D eigenvalue weighted by Gasteiger charge is -2.39. The Kier molecular flexibility index (Phi) is 7.02. The van der Waals surface area contributed by atoms with Crippen LogP contribution >= 0.6 is 0 Å². The van der Waals surface area contributed by atoms with Gasteiger partial charge in [0.2, 0.25) is 29.5 Å². The molecule has 0 saturated carbocycles. The van der Waals surface area contributed by atoms with Gasteiger partial charge >= 0.3 is 11.6 Å². The van der Waals surface area contributed by atoms with Crippen molar-refractivity contribution in [3.05, 3.63) is 119 Å². The topological polar surface area (TPSA) is 181 Å². The fourth-order valence-corrected chi connectivity index (χ4v) is 4.96. The molecule has 2 aliphatic heterocycles. The van der Waals surface area contributed by atoms with Crippen LogP contribution in [0.1, 0.15) is 31.1 Å². The molecule has 0 amide bonds. The molecule has 1 fully saturated rings. The summed E-state index contributed by atoms with van der Waals surface area (Å²) in [5.74, 6) is -4.38. The summed E-state index contributed by atoms with van der Waals surface area (Å²) in [7, 11) is 0. The van der Waals surface area contributed by atoms with Crippen LogP contribution in [0.25, 0.3) is 0 Å². The molecule has 204 valence electrons. The highest BCUT2D eigenvalue weighted by atomic mass is 16.6. The number of ether oxygens (including phenoxy) is 1. The summed E-state index contributed by atoms with van der Waals surface area (Å²) < 4.78 is 5.82. The number of aliphatic imine (C=N–C) groups is 1. The van der Waals surface area contributed by atoms with Crippen molar-refractivity contribution in [2.24, 2.45) is 4.99 Å². The second kappa shape index (κ2) is 10.5. The van der Waals surface area contributed by atoms with Crippen LogP contribution in [-0.4, -0.2) is 78.7 Å². The Labute approximate surface area is 233 Å². The van der Waals surface area contributed by atoms with Crippen molar-refractivity contribution in [2.45, 2.75) is 29.6 Å². The Balaban J connectivity index is 1.74. The van der Waals surface area contributed by atoms with Crippen LogP contribution < -0.4 is 0 Å². The van der Waals surface area contributed by atoms with E-state index in [1.54, 1.807) is 24.3 Å². The molecule has 1 unspecified atom stereocenters. The van der Waals surface area contributed by atoms with Gasteiger partial charge in [-0.25, -0.2) is 0 Å². The van der Waals surface area contributed by atoms with Gasteiger partial charge in [-0.15, -0.1) is 0 Å². The van der Waals surface area contributed by atoms with Crippen LogP contribution in [0, 0.1) is 11.3 Å². The van der Waals surface area contributed by atoms with Gasteiger partial charge in [-0.1, -0.05) is 95.9 Å². The Hall–Kier alpha value is -5.08. The van der Waals surface area contributed by atoms with Crippen LogP contribution in [-0.2, 0) is 4.74 Å². The number of aliphatic hydroxyl groups excluding tert-OH is 2. The first-order valence-corrected chi connectivity index (χ1v) is 12.3. The molecule has 5 atom stereocenters. The summed E-state index contributed by atoms with van der Waals surface area (Å²) in [5.41, 5.74) is -7.56. The number of carbonyl (C=O) groups excluding carboxylic acids is 3. The maximum absolute atomic E-state index is 14.1. The monoisotopic (exact) mass is 552 g/mol. The van der Waals surface area contributed by atoms with Crippen molar-refractivity contribution in [3.63, 3.8) is 0 Å². The van der Waals surface area contributed by atoms with Gasteiger partial charge in [0.15, 0.2) is 11.4 Å². The largest absolute Gasteiger partial charge is 0.423 e. The first kappa shape index (κ1) is 27.5. The molecule has 2 heterocycles. The van der Waals surface area contributed by atoms with Crippen molar-refractivity contribution < 1.29 is 39.5 Å². The number of allylic oxidation sites excluding steroid dienone is 1. The Morgan fingerprint density at radius 3 is 1.78 bits per heavy atom. The number of nitrogens with zero attached hydrogens (tertiary/aromatic N) is 3. The second-order valence-corrected chi connectivity index (χ2v) is 9.37. The van der Waals surface area contributed by atoms with Gasteiger partial charge in [-0.3, -0.25) is 14.4 Å². The molecule has 1 saturated heterocycles. The Morgan fingerprint density at radius 2 is 1.32 bits per heavy atom. The molecule has 0 aliphatic carbocycles. The maximum Gasteiger partial charge on any atom is 0.393 e. The number of carbonyl (C=O) groups is 3. The van der Waals surface area contributed by atoms with Crippen LogP contribution in [0.3, 0.4) is 0 Å². The first-order valence-electron chi connectivity index (χ1n) is 12.3. The van der Waals surface area contributed by atoms with Crippen molar-refractivity contribution in [1.29, 1.82) is 5.26 Å². The second-order valence-electron chi connectivity index (χ2n) is 9.37. The predicted molar refractivity (Wildman–Crippen MR) is 141 cm³/mol. The van der Waals surface area contributed by atoms with E-state index in [9.17, 15) is 40.1 Å². The van der Waals surface area contributed by atoms with E-state index in [-0.39, 0.29) is 16.7 Å². The molecule has 11 heteroatoms. The van der Waals surface area contributed by atoms with Gasteiger partial charge in [0, 0.05) is 16.7 Å². The first-order chi connectivity index (χ1) is 19.7. The van der Waals surface area contributed by atoms with E-state index >= 15 is 0 Å². The van der Waals surface area contributed by atoms with Crippen molar-refractivity contribution in [2.75, 3.05) is 0 Å². The van der Waals surface area contributed by atoms with E-state index in [1.165, 1.54) is 72.8 Å². The van der Waals surface area contributed by atoms with E-state index < -0.39 is 58.6 Å². The summed E-state index contributed by atoms with van der Waals surface area (Å²) in [5, 5.41) is 55.9. The van der Waals surface area contributed by atoms with E-state index in [2.05, 4.69) is 11.3 Å². The lowest BCUT2D eigenvalue weighted by atomic mass is 9.69. The van der Waals surface area contributed by atoms with Crippen LogP contribution in [0.15, 0.2) is 108 Å². The quantitative estimate of drug-likeness (QED) is 0.237. The molecule has 41 heavy (non-hydrogen) atoms. The standard InChI is InChI=1S/C30H21N3O8/c31-16-21-27(38)33(17-32-21)28-30(40,25(37)20-14-8-3-9-15-20)29(39,24(36)19-12-6-2-7-13-19)26(41-28)23(35)22(34)18-10-4-1-5-11-18/h1-15,23,26,28,35,39-40H/p+1/t23?,26-,28-,29-,30+/m1/s1. The molecule has 3 aromatic carbocycles. The number of hydrogen-bond acceptors (Lipinski definition) is 11. The summed E-state index contributed by atoms with van der Waals surface area (Å²) in [6.45, 7) is 0. The van der Waals surface area contributed by atoms with Crippen molar-refractivity contribution >= 4 is 23.7 Å². The normalized spacial score (nSPS) is 25.9. The fourth-order valence-electron chi connectivity index (χ4n) is 4.96. The number of rotatable bonds is 8. The van der Waals surface area contributed by atoms with E-state index in [1.807, 2.05) is 0 Å². The van der Waals surface area contributed by atoms with Crippen LogP contribution in [0.2, 0.25) is 0 Å². The van der Waals surface area contributed by atoms with E-state index in [0.29, 0.717) is 4.90 Å². The van der Waals surface area contributed by atoms with Crippen molar-refractivity contribution in [3.8, 4) is 6.07 Å². The van der Waals surface area contributed by atoms with E-state index in [4.69, 9.17) is 4.74 Å². The minimum absolute atomic E-state index is 0.0108. The highest BCUT2D eigenvalue weighted by Gasteiger charge is 2.78. The molecule has 2 aliphatic rings. The highest BCUT2D eigenvalue weighted by molar-refractivity contribution is 6.14. The summed E-state index contributed by atoms with van der Waals surface area (Å²) in [6, 6.07) is 23.3. The zero-order valence-corrected chi connectivity index (χ0v) is 21.2. The Bertz CT molecular complexity index is 1600. The maximum atomic E-state index is 14.1. The predicted octanol–water partition coefficient (Wildman–Crippen LogP) is 1.65. The zero-order chi connectivity index (χ0) is 29.4. The number of benzene rings is 3. The van der Waals surface area contributed by atoms with Crippen LogP contribution in [0.4, 0.5) is 0 Å². The number of aliphatic hydroxyl groups is 4. The minimum atomic E-state index is -3.33. The van der Waals surface area contributed by atoms with Gasteiger partial charge in [0.1, 0.15) is 12.2 Å². The van der Waals surface area contributed by atoms with E-state index in [0.717, 1.165) is 0 Å². The lowest BCUT2D eigenvalue weighted by molar-refractivity contribution is -0.112. The fraction of sp³-hybridized carbons (Fsp3) is 0.167. The van der Waals surface area contributed by atoms with Gasteiger partial charge in [0.05, 0.1) is 0 Å². The van der Waals surface area contributed by atoms with Crippen LogP contribution in [0.5, 0.6) is 0 Å². The third-order valence-corrected chi connectivity index (χ3v) is 7.05. The van der Waals surface area contributed by atoms with Crippen molar-refractivity contribution in [1.82, 2.24) is 4.90 Å². The third-order valence-electron chi connectivity index (χ3n) is 7.05. The smallest absolute Gasteiger partial charge is 0.393 e. The molecular weight excluding hydrogens is 530 g/mol. The third kappa shape index (κ3) is 4.20. The number of nitriles is 1. The molecule has 0 radical (unpaired) electrons.